The van der Waals surface area contributed by atoms with Crippen LogP contribution in [0.3, 0.4) is 0 Å². The summed E-state index contributed by atoms with van der Waals surface area (Å²) in [4.78, 5) is 0. The number of ether oxygens (including phenoxy) is 1. The summed E-state index contributed by atoms with van der Waals surface area (Å²) in [7, 11) is 1.84. The number of nitrogens with zero attached hydrogens (tertiary/aromatic N) is 1. The molecule has 2 aromatic rings. The van der Waals surface area contributed by atoms with Gasteiger partial charge in [-0.15, -0.1) is 0 Å². The molecule has 0 saturated heterocycles. The second-order valence-corrected chi connectivity index (χ2v) is 5.00. The molecule has 5 heteroatoms. The maximum atomic E-state index is 13.2. The molecule has 0 fully saturated rings. The largest absolute Gasteiger partial charge is 0.456 e. The van der Waals surface area contributed by atoms with E-state index in [1.807, 2.05) is 13.1 Å². The van der Waals surface area contributed by atoms with Crippen molar-refractivity contribution in [2.45, 2.75) is 6.54 Å². The Hall–Kier alpha value is -1.90. The lowest BCUT2D eigenvalue weighted by molar-refractivity contribution is 0.478. The number of rotatable bonds is 4. The van der Waals surface area contributed by atoms with Gasteiger partial charge in [-0.05, 0) is 58.9 Å². The third kappa shape index (κ3) is 3.35. The van der Waals surface area contributed by atoms with Crippen LogP contribution in [-0.4, -0.2) is 7.05 Å². The molecular formula is C15H12BrFN2O. The van der Waals surface area contributed by atoms with Crippen LogP contribution in [0.15, 0.2) is 40.9 Å². The Morgan fingerprint density at radius 1 is 1.30 bits per heavy atom. The minimum atomic E-state index is -0.359. The molecule has 0 saturated carbocycles. The van der Waals surface area contributed by atoms with Crippen LogP contribution in [0, 0.1) is 17.1 Å². The minimum absolute atomic E-state index is 0.320. The number of nitrogens with one attached hydrogen (secondary N) is 1. The van der Waals surface area contributed by atoms with E-state index in [4.69, 9.17) is 10.00 Å². The molecule has 102 valence electrons. The van der Waals surface area contributed by atoms with Gasteiger partial charge in [-0.2, -0.15) is 5.26 Å². The predicted molar refractivity (Wildman–Crippen MR) is 78.1 cm³/mol. The highest BCUT2D eigenvalue weighted by atomic mass is 79.9. The highest BCUT2D eigenvalue weighted by Gasteiger charge is 2.08. The molecule has 0 atom stereocenters. The Morgan fingerprint density at radius 3 is 2.75 bits per heavy atom. The van der Waals surface area contributed by atoms with Crippen molar-refractivity contribution in [3.05, 3.63) is 57.8 Å². The molecule has 0 spiro atoms. The predicted octanol–water partition coefficient (Wildman–Crippen LogP) is 3.97. The van der Waals surface area contributed by atoms with Crippen LogP contribution >= 0.6 is 15.9 Å². The van der Waals surface area contributed by atoms with Gasteiger partial charge in [-0.25, -0.2) is 4.39 Å². The molecule has 3 nitrogen and oxygen atoms in total. The number of halogens is 2. The lowest BCUT2D eigenvalue weighted by Crippen LogP contribution is -2.05. The van der Waals surface area contributed by atoms with Crippen molar-refractivity contribution in [2.24, 2.45) is 0 Å². The standard InChI is InChI=1S/C15H12BrFN2O/c1-19-9-10-2-5-15(11(6-10)8-18)20-12-3-4-14(17)13(16)7-12/h2-7,19H,9H2,1H3. The van der Waals surface area contributed by atoms with Crippen molar-refractivity contribution in [2.75, 3.05) is 7.05 Å². The fourth-order valence-electron chi connectivity index (χ4n) is 1.73. The molecule has 0 bridgehead atoms. The van der Waals surface area contributed by atoms with Gasteiger partial charge in [0.2, 0.25) is 0 Å². The number of hydrogen-bond acceptors (Lipinski definition) is 3. The lowest BCUT2D eigenvalue weighted by Gasteiger charge is -2.09. The van der Waals surface area contributed by atoms with Crippen LogP contribution < -0.4 is 10.1 Å². The normalized spacial score (nSPS) is 10.1. The van der Waals surface area contributed by atoms with E-state index in [0.29, 0.717) is 28.1 Å². The molecule has 2 rings (SSSR count). The van der Waals surface area contributed by atoms with Gasteiger partial charge in [0.1, 0.15) is 23.4 Å². The number of nitriles is 1. The summed E-state index contributed by atoms with van der Waals surface area (Å²) < 4.78 is 19.1. The van der Waals surface area contributed by atoms with Gasteiger partial charge in [-0.3, -0.25) is 0 Å². The van der Waals surface area contributed by atoms with Gasteiger partial charge in [0.15, 0.2) is 0 Å². The summed E-state index contributed by atoms with van der Waals surface area (Å²) >= 11 is 3.10. The first kappa shape index (κ1) is 14.5. The van der Waals surface area contributed by atoms with Crippen LogP contribution in [0.5, 0.6) is 11.5 Å². The van der Waals surface area contributed by atoms with Crippen LogP contribution in [0.1, 0.15) is 11.1 Å². The average Bonchev–Trinajstić information content (AvgIpc) is 2.45. The number of benzene rings is 2. The van der Waals surface area contributed by atoms with E-state index < -0.39 is 0 Å². The molecule has 20 heavy (non-hydrogen) atoms. The van der Waals surface area contributed by atoms with E-state index in [9.17, 15) is 4.39 Å². The molecule has 0 unspecified atom stereocenters. The van der Waals surface area contributed by atoms with Crippen LogP contribution in [0.4, 0.5) is 4.39 Å². The topological polar surface area (TPSA) is 45.0 Å². The Labute approximate surface area is 125 Å². The molecule has 2 aromatic carbocycles. The van der Waals surface area contributed by atoms with Gasteiger partial charge < -0.3 is 10.1 Å². The second-order valence-electron chi connectivity index (χ2n) is 4.15. The van der Waals surface area contributed by atoms with Gasteiger partial charge in [0.25, 0.3) is 0 Å². The van der Waals surface area contributed by atoms with E-state index in [2.05, 4.69) is 27.3 Å². The van der Waals surface area contributed by atoms with E-state index in [-0.39, 0.29) is 5.82 Å². The third-order valence-corrected chi connectivity index (χ3v) is 3.27. The second kappa shape index (κ2) is 6.51. The van der Waals surface area contributed by atoms with Crippen molar-refractivity contribution >= 4 is 15.9 Å². The summed E-state index contributed by atoms with van der Waals surface area (Å²) in [5.74, 6) is 0.559. The van der Waals surface area contributed by atoms with Crippen molar-refractivity contribution in [3.63, 3.8) is 0 Å². The molecule has 1 N–H and O–H groups in total. The number of hydrogen-bond donors (Lipinski definition) is 1. The monoisotopic (exact) mass is 334 g/mol. The van der Waals surface area contributed by atoms with Gasteiger partial charge in [-0.1, -0.05) is 6.07 Å². The maximum absolute atomic E-state index is 13.2. The minimum Gasteiger partial charge on any atom is -0.456 e. The summed E-state index contributed by atoms with van der Waals surface area (Å²) in [6.45, 7) is 0.678. The van der Waals surface area contributed by atoms with Crippen molar-refractivity contribution in [1.29, 1.82) is 5.26 Å². The van der Waals surface area contributed by atoms with Gasteiger partial charge in [0, 0.05) is 6.54 Å². The van der Waals surface area contributed by atoms with Crippen molar-refractivity contribution in [3.8, 4) is 17.6 Å². The zero-order valence-corrected chi connectivity index (χ0v) is 12.4. The third-order valence-electron chi connectivity index (χ3n) is 2.66. The Bertz CT molecular complexity index is 667. The van der Waals surface area contributed by atoms with Crippen LogP contribution in [0.2, 0.25) is 0 Å². The maximum Gasteiger partial charge on any atom is 0.145 e. The zero-order chi connectivity index (χ0) is 14.5. The molecular weight excluding hydrogens is 323 g/mol. The summed E-state index contributed by atoms with van der Waals surface area (Å²) in [6.07, 6.45) is 0. The first-order valence-corrected chi connectivity index (χ1v) is 6.74. The highest BCUT2D eigenvalue weighted by Crippen LogP contribution is 2.29. The average molecular weight is 335 g/mol. The van der Waals surface area contributed by atoms with E-state index in [1.54, 1.807) is 12.1 Å². The SMILES string of the molecule is CNCc1ccc(Oc2ccc(F)c(Br)c2)c(C#N)c1. The first-order chi connectivity index (χ1) is 9.63. The molecule has 0 radical (unpaired) electrons. The first-order valence-electron chi connectivity index (χ1n) is 5.94. The zero-order valence-electron chi connectivity index (χ0n) is 10.8. The molecule has 0 aliphatic heterocycles. The smallest absolute Gasteiger partial charge is 0.145 e. The summed E-state index contributed by atoms with van der Waals surface area (Å²) in [5.41, 5.74) is 1.44. The van der Waals surface area contributed by atoms with Crippen molar-refractivity contribution in [1.82, 2.24) is 5.32 Å². The Morgan fingerprint density at radius 2 is 2.10 bits per heavy atom. The molecule has 0 amide bonds. The summed E-state index contributed by atoms with van der Waals surface area (Å²) in [5, 5.41) is 12.2. The van der Waals surface area contributed by atoms with Gasteiger partial charge in [0.05, 0.1) is 10.0 Å². The summed E-state index contributed by atoms with van der Waals surface area (Å²) in [6, 6.07) is 11.8. The fraction of sp³-hybridized carbons (Fsp3) is 0.133. The molecule has 0 heterocycles. The van der Waals surface area contributed by atoms with Gasteiger partial charge >= 0.3 is 0 Å². The lowest BCUT2D eigenvalue weighted by atomic mass is 10.1. The van der Waals surface area contributed by atoms with Crippen molar-refractivity contribution < 1.29 is 9.13 Å². The van der Waals surface area contributed by atoms with Crippen LogP contribution in [-0.2, 0) is 6.54 Å². The quantitative estimate of drug-likeness (QED) is 0.919. The van der Waals surface area contributed by atoms with E-state index >= 15 is 0 Å². The fourth-order valence-corrected chi connectivity index (χ4v) is 2.09. The molecule has 0 aliphatic rings. The van der Waals surface area contributed by atoms with Crippen LogP contribution in [0.25, 0.3) is 0 Å². The molecule has 0 aliphatic carbocycles. The molecule has 0 aromatic heterocycles. The van der Waals surface area contributed by atoms with E-state index in [1.165, 1.54) is 18.2 Å². The highest BCUT2D eigenvalue weighted by molar-refractivity contribution is 9.10. The van der Waals surface area contributed by atoms with E-state index in [0.717, 1.165) is 5.56 Å². The Balaban J connectivity index is 2.28. The Kier molecular flexibility index (Phi) is 4.72.